The minimum atomic E-state index is 0.00532. The molecule has 0 saturated carbocycles. The van der Waals surface area contributed by atoms with Gasteiger partial charge >= 0.3 is 0 Å². The molecule has 1 aliphatic heterocycles. The van der Waals surface area contributed by atoms with Gasteiger partial charge in [-0.1, -0.05) is 6.92 Å². The summed E-state index contributed by atoms with van der Waals surface area (Å²) in [6, 6.07) is 1.58. The highest BCUT2D eigenvalue weighted by Gasteiger charge is 2.22. The summed E-state index contributed by atoms with van der Waals surface area (Å²) in [5.41, 5.74) is 5.95. The number of hydrogen-bond donors (Lipinski definition) is 2. The van der Waals surface area contributed by atoms with Gasteiger partial charge in [-0.15, -0.1) is 0 Å². The van der Waals surface area contributed by atoms with Crippen molar-refractivity contribution < 1.29 is 4.79 Å². The Labute approximate surface area is 88.6 Å². The third-order valence-corrected chi connectivity index (χ3v) is 2.77. The zero-order valence-corrected chi connectivity index (χ0v) is 8.86. The molecular weight excluding hydrogens is 192 g/mol. The van der Waals surface area contributed by atoms with Crippen molar-refractivity contribution in [3.8, 4) is 0 Å². The number of anilines is 1. The lowest BCUT2D eigenvalue weighted by atomic mass is 10.00. The molecule has 5 heteroatoms. The lowest BCUT2D eigenvalue weighted by Gasteiger charge is -2.30. The van der Waals surface area contributed by atoms with Crippen LogP contribution in [0.5, 0.6) is 0 Å². The van der Waals surface area contributed by atoms with Crippen molar-refractivity contribution in [3.05, 3.63) is 11.8 Å². The first kappa shape index (κ1) is 10.0. The van der Waals surface area contributed by atoms with E-state index in [1.165, 1.54) is 6.42 Å². The maximum atomic E-state index is 12.0. The summed E-state index contributed by atoms with van der Waals surface area (Å²) in [4.78, 5) is 13.8. The molecule has 1 saturated heterocycles. The summed E-state index contributed by atoms with van der Waals surface area (Å²) < 4.78 is 0. The highest BCUT2D eigenvalue weighted by atomic mass is 16.2. The number of likely N-dealkylation sites (tertiary alicyclic amines) is 1. The Morgan fingerprint density at radius 2 is 2.53 bits per heavy atom. The van der Waals surface area contributed by atoms with Gasteiger partial charge in [0.15, 0.2) is 0 Å². The average Bonchev–Trinajstić information content (AvgIpc) is 2.64. The number of nitrogen functional groups attached to an aromatic ring is 1. The molecule has 15 heavy (non-hydrogen) atoms. The molecule has 1 amide bonds. The van der Waals surface area contributed by atoms with Gasteiger partial charge in [-0.2, -0.15) is 5.10 Å². The van der Waals surface area contributed by atoms with E-state index in [2.05, 4.69) is 17.1 Å². The predicted octanol–water partition coefficient (Wildman–Crippen LogP) is 0.864. The molecule has 0 bridgehead atoms. The third-order valence-electron chi connectivity index (χ3n) is 2.77. The van der Waals surface area contributed by atoms with Gasteiger partial charge in [-0.05, 0) is 18.8 Å². The molecule has 5 nitrogen and oxygen atoms in total. The van der Waals surface area contributed by atoms with Gasteiger partial charge in [0, 0.05) is 19.2 Å². The van der Waals surface area contributed by atoms with Gasteiger partial charge in [0.25, 0.3) is 5.91 Å². The van der Waals surface area contributed by atoms with Crippen LogP contribution in [0.15, 0.2) is 6.07 Å². The number of nitrogens with one attached hydrogen (secondary N) is 1. The van der Waals surface area contributed by atoms with Gasteiger partial charge in [-0.25, -0.2) is 0 Å². The number of piperidine rings is 1. The fourth-order valence-corrected chi connectivity index (χ4v) is 1.99. The molecule has 0 aromatic carbocycles. The molecule has 1 aliphatic rings. The summed E-state index contributed by atoms with van der Waals surface area (Å²) in [7, 11) is 0. The second-order valence-corrected chi connectivity index (χ2v) is 4.21. The summed E-state index contributed by atoms with van der Waals surface area (Å²) in [5.74, 6) is 0.956. The fraction of sp³-hybridized carbons (Fsp3) is 0.600. The van der Waals surface area contributed by atoms with Crippen LogP contribution in [0.2, 0.25) is 0 Å². The lowest BCUT2D eigenvalue weighted by Crippen LogP contribution is -2.39. The first-order valence-electron chi connectivity index (χ1n) is 5.27. The van der Waals surface area contributed by atoms with E-state index < -0.39 is 0 Å². The monoisotopic (exact) mass is 208 g/mol. The van der Waals surface area contributed by atoms with Crippen LogP contribution in [0.1, 0.15) is 30.3 Å². The molecule has 2 heterocycles. The van der Waals surface area contributed by atoms with Crippen molar-refractivity contribution in [2.45, 2.75) is 19.8 Å². The van der Waals surface area contributed by atoms with Gasteiger partial charge < -0.3 is 10.6 Å². The van der Waals surface area contributed by atoms with E-state index in [-0.39, 0.29) is 5.91 Å². The van der Waals surface area contributed by atoms with Crippen molar-refractivity contribution in [2.75, 3.05) is 18.8 Å². The van der Waals surface area contributed by atoms with Crippen molar-refractivity contribution in [1.82, 2.24) is 15.1 Å². The molecule has 1 aromatic heterocycles. The number of nitrogens with zero attached hydrogens (tertiary/aromatic N) is 2. The molecule has 1 unspecified atom stereocenters. The Hall–Kier alpha value is -1.52. The van der Waals surface area contributed by atoms with Gasteiger partial charge in [0.05, 0.1) is 0 Å². The Morgan fingerprint density at radius 3 is 3.13 bits per heavy atom. The van der Waals surface area contributed by atoms with Gasteiger partial charge in [0.1, 0.15) is 11.5 Å². The van der Waals surface area contributed by atoms with Crippen LogP contribution in [0.25, 0.3) is 0 Å². The quantitative estimate of drug-likeness (QED) is 0.719. The first-order chi connectivity index (χ1) is 7.16. The van der Waals surface area contributed by atoms with Crippen LogP contribution in [0.4, 0.5) is 5.82 Å². The maximum absolute atomic E-state index is 12.0. The number of carbonyl (C=O) groups is 1. The van der Waals surface area contributed by atoms with E-state index in [1.807, 2.05) is 4.90 Å². The summed E-state index contributed by atoms with van der Waals surface area (Å²) in [6.07, 6.45) is 2.28. The van der Waals surface area contributed by atoms with E-state index in [0.29, 0.717) is 17.4 Å². The number of H-pyrrole nitrogens is 1. The standard InChI is InChI=1S/C10H16N4O/c1-7-3-2-4-14(6-7)10(15)8-5-9(11)13-12-8/h5,7H,2-4,6H2,1H3,(H3,11,12,13). The van der Waals surface area contributed by atoms with E-state index >= 15 is 0 Å². The van der Waals surface area contributed by atoms with Crippen LogP contribution in [-0.4, -0.2) is 34.1 Å². The summed E-state index contributed by atoms with van der Waals surface area (Å²) in [6.45, 7) is 3.83. The van der Waals surface area contributed by atoms with Crippen molar-refractivity contribution in [3.63, 3.8) is 0 Å². The first-order valence-corrected chi connectivity index (χ1v) is 5.27. The zero-order chi connectivity index (χ0) is 10.8. The Bertz CT molecular complexity index is 360. The Balaban J connectivity index is 2.07. The minimum absolute atomic E-state index is 0.00532. The zero-order valence-electron chi connectivity index (χ0n) is 8.86. The molecule has 0 spiro atoms. The van der Waals surface area contributed by atoms with Crippen LogP contribution in [-0.2, 0) is 0 Å². The van der Waals surface area contributed by atoms with E-state index in [9.17, 15) is 4.79 Å². The van der Waals surface area contributed by atoms with Crippen LogP contribution < -0.4 is 5.73 Å². The van der Waals surface area contributed by atoms with Crippen LogP contribution in [0, 0.1) is 5.92 Å². The van der Waals surface area contributed by atoms with Gasteiger partial charge in [0.2, 0.25) is 0 Å². The largest absolute Gasteiger partial charge is 0.382 e. The number of carbonyl (C=O) groups excluding carboxylic acids is 1. The fourth-order valence-electron chi connectivity index (χ4n) is 1.99. The third kappa shape index (κ3) is 2.11. The average molecular weight is 208 g/mol. The molecule has 2 rings (SSSR count). The van der Waals surface area contributed by atoms with E-state index in [0.717, 1.165) is 19.5 Å². The molecule has 82 valence electrons. The van der Waals surface area contributed by atoms with Crippen molar-refractivity contribution >= 4 is 11.7 Å². The number of amides is 1. The highest BCUT2D eigenvalue weighted by Crippen LogP contribution is 2.17. The molecule has 0 aliphatic carbocycles. The summed E-state index contributed by atoms with van der Waals surface area (Å²) >= 11 is 0. The smallest absolute Gasteiger partial charge is 0.271 e. The van der Waals surface area contributed by atoms with E-state index in [4.69, 9.17) is 5.73 Å². The molecular formula is C10H16N4O. The lowest BCUT2D eigenvalue weighted by molar-refractivity contribution is 0.0677. The Kier molecular flexibility index (Phi) is 2.62. The number of aromatic amines is 1. The normalized spacial score (nSPS) is 21.7. The highest BCUT2D eigenvalue weighted by molar-refractivity contribution is 5.93. The second kappa shape index (κ2) is 3.92. The molecule has 1 fully saturated rings. The molecule has 3 N–H and O–H groups in total. The summed E-state index contributed by atoms with van der Waals surface area (Å²) in [5, 5.41) is 6.41. The molecule has 0 radical (unpaired) electrons. The minimum Gasteiger partial charge on any atom is -0.382 e. The van der Waals surface area contributed by atoms with Crippen LogP contribution in [0.3, 0.4) is 0 Å². The SMILES string of the molecule is CC1CCCN(C(=O)c2cc(N)n[nH]2)C1. The molecule has 1 aromatic rings. The number of nitrogens with two attached hydrogens (primary N) is 1. The second-order valence-electron chi connectivity index (χ2n) is 4.21. The maximum Gasteiger partial charge on any atom is 0.271 e. The van der Waals surface area contributed by atoms with E-state index in [1.54, 1.807) is 6.07 Å². The topological polar surface area (TPSA) is 75.0 Å². The van der Waals surface area contributed by atoms with Crippen LogP contribution >= 0.6 is 0 Å². The predicted molar refractivity (Wildman–Crippen MR) is 57.3 cm³/mol. The number of hydrogen-bond acceptors (Lipinski definition) is 3. The number of aromatic nitrogens is 2. The van der Waals surface area contributed by atoms with Crippen molar-refractivity contribution in [1.29, 1.82) is 0 Å². The van der Waals surface area contributed by atoms with Crippen molar-refractivity contribution in [2.24, 2.45) is 5.92 Å². The molecule has 1 atom stereocenters. The van der Waals surface area contributed by atoms with Gasteiger partial charge in [-0.3, -0.25) is 9.89 Å². The number of rotatable bonds is 1. The Morgan fingerprint density at radius 1 is 1.73 bits per heavy atom.